The van der Waals surface area contributed by atoms with Gasteiger partial charge in [0.25, 0.3) is 0 Å². The fraction of sp³-hybridized carbons (Fsp3) is 1.00. The summed E-state index contributed by atoms with van der Waals surface area (Å²) in [5, 5.41) is 9.41. The first-order valence-electron chi connectivity index (χ1n) is 2.25. The standard InChI is InChI=1S/C4H8OS2/c5-3(1-6)4-2-7-4/h3-6H,1-2H2/t3-,4+/m1/s1. The van der Waals surface area contributed by atoms with E-state index in [1.165, 1.54) is 0 Å². The molecule has 1 fully saturated rings. The third-order valence-electron chi connectivity index (χ3n) is 0.975. The SMILES string of the molecule is O[C@H](CS)[C@@H]1CS1. The molecule has 7 heavy (non-hydrogen) atoms. The summed E-state index contributed by atoms with van der Waals surface area (Å²) in [4.78, 5) is 0. The maximum absolute atomic E-state index is 8.90. The van der Waals surface area contributed by atoms with E-state index in [0.29, 0.717) is 11.0 Å². The Kier molecular flexibility index (Phi) is 1.89. The van der Waals surface area contributed by atoms with Crippen molar-refractivity contribution >= 4 is 24.4 Å². The summed E-state index contributed by atoms with van der Waals surface area (Å²) >= 11 is 5.73. The van der Waals surface area contributed by atoms with E-state index in [2.05, 4.69) is 12.6 Å². The van der Waals surface area contributed by atoms with Crippen LogP contribution in [0.25, 0.3) is 0 Å². The van der Waals surface area contributed by atoms with Gasteiger partial charge in [-0.2, -0.15) is 24.4 Å². The summed E-state index contributed by atoms with van der Waals surface area (Å²) in [7, 11) is 0. The predicted molar refractivity (Wildman–Crippen MR) is 36.1 cm³/mol. The van der Waals surface area contributed by atoms with E-state index in [0.717, 1.165) is 5.75 Å². The second-order valence-corrected chi connectivity index (χ2v) is 3.26. The number of hydrogen-bond acceptors (Lipinski definition) is 3. The second kappa shape index (κ2) is 2.29. The van der Waals surface area contributed by atoms with Crippen molar-refractivity contribution in [2.45, 2.75) is 11.4 Å². The zero-order valence-electron chi connectivity index (χ0n) is 3.87. The lowest BCUT2D eigenvalue weighted by molar-refractivity contribution is 0.209. The lowest BCUT2D eigenvalue weighted by Gasteiger charge is -1.99. The lowest BCUT2D eigenvalue weighted by Crippen LogP contribution is -2.14. The van der Waals surface area contributed by atoms with Crippen LogP contribution in [0.4, 0.5) is 0 Å². The predicted octanol–water partition coefficient (Wildman–Crippen LogP) is 0.393. The number of aliphatic hydroxyl groups is 1. The Labute approximate surface area is 52.9 Å². The van der Waals surface area contributed by atoms with Crippen LogP contribution < -0.4 is 0 Å². The maximum atomic E-state index is 8.90. The molecule has 0 aromatic rings. The van der Waals surface area contributed by atoms with Gasteiger partial charge < -0.3 is 5.11 Å². The smallest absolute Gasteiger partial charge is 0.0754 e. The van der Waals surface area contributed by atoms with E-state index in [1.807, 2.05) is 0 Å². The summed E-state index contributed by atoms with van der Waals surface area (Å²) in [6, 6.07) is 0. The first kappa shape index (κ1) is 5.79. The quantitative estimate of drug-likeness (QED) is 0.423. The van der Waals surface area contributed by atoms with Gasteiger partial charge in [-0.3, -0.25) is 0 Å². The zero-order chi connectivity index (χ0) is 5.28. The van der Waals surface area contributed by atoms with Gasteiger partial charge in [0.05, 0.1) is 6.10 Å². The van der Waals surface area contributed by atoms with Crippen molar-refractivity contribution in [3.8, 4) is 0 Å². The molecule has 2 atom stereocenters. The lowest BCUT2D eigenvalue weighted by atomic mass is 10.3. The van der Waals surface area contributed by atoms with Crippen molar-refractivity contribution in [3.05, 3.63) is 0 Å². The highest BCUT2D eigenvalue weighted by molar-refractivity contribution is 8.07. The molecule has 1 aliphatic rings. The van der Waals surface area contributed by atoms with Crippen LogP contribution >= 0.6 is 24.4 Å². The van der Waals surface area contributed by atoms with Crippen LogP contribution in [0.15, 0.2) is 0 Å². The third kappa shape index (κ3) is 1.55. The fourth-order valence-corrected chi connectivity index (χ4v) is 1.44. The third-order valence-corrected chi connectivity index (χ3v) is 2.38. The average molecular weight is 136 g/mol. The van der Waals surface area contributed by atoms with Crippen LogP contribution in [0.2, 0.25) is 0 Å². The van der Waals surface area contributed by atoms with Gasteiger partial charge in [0.15, 0.2) is 0 Å². The molecule has 0 saturated carbocycles. The fourth-order valence-electron chi connectivity index (χ4n) is 0.395. The Bertz CT molecular complexity index is 62.7. The highest BCUT2D eigenvalue weighted by Gasteiger charge is 2.29. The Morgan fingerprint density at radius 2 is 2.57 bits per heavy atom. The van der Waals surface area contributed by atoms with Gasteiger partial charge in [-0.1, -0.05) is 0 Å². The number of hydrogen-bond donors (Lipinski definition) is 2. The Morgan fingerprint density at radius 3 is 2.71 bits per heavy atom. The molecule has 1 rings (SSSR count). The van der Waals surface area contributed by atoms with E-state index in [-0.39, 0.29) is 6.10 Å². The minimum atomic E-state index is -0.159. The Balaban J connectivity index is 2.10. The van der Waals surface area contributed by atoms with E-state index < -0.39 is 0 Å². The van der Waals surface area contributed by atoms with Gasteiger partial charge >= 0.3 is 0 Å². The molecule has 0 spiro atoms. The van der Waals surface area contributed by atoms with Crippen LogP contribution in [-0.2, 0) is 0 Å². The molecule has 1 saturated heterocycles. The van der Waals surface area contributed by atoms with Crippen LogP contribution in [0, 0.1) is 0 Å². The highest BCUT2D eigenvalue weighted by Crippen LogP contribution is 2.33. The molecule has 42 valence electrons. The number of thioether (sulfide) groups is 1. The average Bonchev–Trinajstić information content (AvgIpc) is 2.44. The van der Waals surface area contributed by atoms with Crippen molar-refractivity contribution in [1.82, 2.24) is 0 Å². The van der Waals surface area contributed by atoms with Gasteiger partial charge in [0.1, 0.15) is 0 Å². The minimum Gasteiger partial charge on any atom is -0.391 e. The molecule has 0 radical (unpaired) electrons. The van der Waals surface area contributed by atoms with Crippen LogP contribution in [0.1, 0.15) is 0 Å². The molecule has 0 aromatic carbocycles. The zero-order valence-corrected chi connectivity index (χ0v) is 5.58. The second-order valence-electron chi connectivity index (χ2n) is 1.62. The van der Waals surface area contributed by atoms with Crippen LogP contribution in [0.3, 0.4) is 0 Å². The molecular weight excluding hydrogens is 128 g/mol. The van der Waals surface area contributed by atoms with E-state index in [4.69, 9.17) is 5.11 Å². The monoisotopic (exact) mass is 136 g/mol. The summed E-state index contributed by atoms with van der Waals surface area (Å²) in [6.45, 7) is 0. The molecule has 1 N–H and O–H groups in total. The van der Waals surface area contributed by atoms with Gasteiger partial charge in [-0.15, -0.1) is 0 Å². The van der Waals surface area contributed by atoms with Crippen LogP contribution in [-0.4, -0.2) is 28.0 Å². The van der Waals surface area contributed by atoms with Crippen molar-refractivity contribution in [2.24, 2.45) is 0 Å². The molecule has 0 bridgehead atoms. The molecular formula is C4H8OS2. The van der Waals surface area contributed by atoms with E-state index in [9.17, 15) is 0 Å². The molecule has 1 aliphatic heterocycles. The van der Waals surface area contributed by atoms with Crippen molar-refractivity contribution < 1.29 is 5.11 Å². The topological polar surface area (TPSA) is 20.2 Å². The first-order chi connectivity index (χ1) is 3.34. The molecule has 0 unspecified atom stereocenters. The largest absolute Gasteiger partial charge is 0.391 e. The van der Waals surface area contributed by atoms with Crippen molar-refractivity contribution in [2.75, 3.05) is 11.5 Å². The molecule has 0 aromatic heterocycles. The number of rotatable bonds is 2. The van der Waals surface area contributed by atoms with Crippen molar-refractivity contribution in [3.63, 3.8) is 0 Å². The first-order valence-corrected chi connectivity index (χ1v) is 3.93. The highest BCUT2D eigenvalue weighted by atomic mass is 32.2. The summed E-state index contributed by atoms with van der Waals surface area (Å²) in [5.74, 6) is 1.74. The summed E-state index contributed by atoms with van der Waals surface area (Å²) in [6.07, 6.45) is -0.159. The Hall–Kier alpha value is 0.660. The summed E-state index contributed by atoms with van der Waals surface area (Å²) in [5.41, 5.74) is 0. The summed E-state index contributed by atoms with van der Waals surface area (Å²) < 4.78 is 0. The molecule has 3 heteroatoms. The Morgan fingerprint density at radius 1 is 2.00 bits per heavy atom. The normalized spacial score (nSPS) is 32.6. The van der Waals surface area contributed by atoms with E-state index >= 15 is 0 Å². The van der Waals surface area contributed by atoms with Gasteiger partial charge in [0, 0.05) is 16.8 Å². The maximum Gasteiger partial charge on any atom is 0.0754 e. The van der Waals surface area contributed by atoms with Crippen LogP contribution in [0.5, 0.6) is 0 Å². The minimum absolute atomic E-state index is 0.159. The van der Waals surface area contributed by atoms with Crippen molar-refractivity contribution in [1.29, 1.82) is 0 Å². The van der Waals surface area contributed by atoms with Gasteiger partial charge in [-0.25, -0.2) is 0 Å². The molecule has 0 aliphatic carbocycles. The molecule has 0 amide bonds. The number of aliphatic hydroxyl groups excluding tert-OH is 1. The van der Waals surface area contributed by atoms with Gasteiger partial charge in [0.2, 0.25) is 0 Å². The molecule has 1 nitrogen and oxygen atoms in total. The molecule has 1 heterocycles. The van der Waals surface area contributed by atoms with Gasteiger partial charge in [-0.05, 0) is 0 Å². The van der Waals surface area contributed by atoms with E-state index in [1.54, 1.807) is 11.8 Å². The number of thiol groups is 1.